The van der Waals surface area contributed by atoms with Crippen molar-refractivity contribution < 1.29 is 13.6 Å². The molecule has 2 aromatic rings. The van der Waals surface area contributed by atoms with Crippen LogP contribution in [-0.2, 0) is 16.6 Å². The van der Waals surface area contributed by atoms with Crippen molar-refractivity contribution in [2.24, 2.45) is 0 Å². The largest absolute Gasteiger partial charge is 0.355 e. The minimum Gasteiger partial charge on any atom is -0.355 e. The van der Waals surface area contributed by atoms with E-state index in [1.165, 1.54) is 23.8 Å². The van der Waals surface area contributed by atoms with Crippen LogP contribution in [0.5, 0.6) is 0 Å². The maximum absolute atomic E-state index is 13.6. The lowest BCUT2D eigenvalue weighted by Gasteiger charge is -2.30. The molecular weight excluding hydrogens is 320 g/mol. The van der Waals surface area contributed by atoms with Crippen molar-refractivity contribution >= 4 is 5.91 Å². The standard InChI is InChI=1S/C21H23F2NO/c22-18-9-6-10-19(23)17(18)11-12-20(25)24-15-21(13-4-5-14-21)16-7-2-1-3-8-16/h1-3,6-10H,4-5,11-15H2,(H,24,25). The number of hydrogen-bond acceptors (Lipinski definition) is 1. The van der Waals surface area contributed by atoms with Crippen molar-refractivity contribution in [3.63, 3.8) is 0 Å². The highest BCUT2D eigenvalue weighted by Gasteiger charge is 2.35. The maximum atomic E-state index is 13.6. The topological polar surface area (TPSA) is 29.1 Å². The Balaban J connectivity index is 1.59. The summed E-state index contributed by atoms with van der Waals surface area (Å²) in [6.45, 7) is 0.579. The van der Waals surface area contributed by atoms with E-state index in [1.54, 1.807) is 0 Å². The molecule has 1 aliphatic carbocycles. The fourth-order valence-corrected chi connectivity index (χ4v) is 3.78. The number of rotatable bonds is 6. The smallest absolute Gasteiger partial charge is 0.220 e. The van der Waals surface area contributed by atoms with Gasteiger partial charge >= 0.3 is 0 Å². The number of benzene rings is 2. The lowest BCUT2D eigenvalue weighted by molar-refractivity contribution is -0.121. The summed E-state index contributed by atoms with van der Waals surface area (Å²) in [4.78, 5) is 12.2. The number of hydrogen-bond donors (Lipinski definition) is 1. The van der Waals surface area contributed by atoms with E-state index in [-0.39, 0.29) is 29.7 Å². The Hall–Kier alpha value is -2.23. The van der Waals surface area contributed by atoms with Gasteiger partial charge in [-0.2, -0.15) is 0 Å². The summed E-state index contributed by atoms with van der Waals surface area (Å²) in [5, 5.41) is 2.99. The number of amides is 1. The zero-order valence-electron chi connectivity index (χ0n) is 14.2. The van der Waals surface area contributed by atoms with Gasteiger partial charge < -0.3 is 5.32 Å². The molecule has 132 valence electrons. The van der Waals surface area contributed by atoms with Gasteiger partial charge in [0.2, 0.25) is 5.91 Å². The van der Waals surface area contributed by atoms with Gasteiger partial charge in [-0.05, 0) is 37.0 Å². The molecule has 1 aliphatic rings. The molecule has 0 heterocycles. The Morgan fingerprint density at radius 2 is 1.60 bits per heavy atom. The van der Waals surface area contributed by atoms with Gasteiger partial charge in [-0.15, -0.1) is 0 Å². The first-order valence-corrected chi connectivity index (χ1v) is 8.86. The van der Waals surface area contributed by atoms with Crippen LogP contribution in [0.2, 0.25) is 0 Å². The predicted octanol–water partition coefficient (Wildman–Crippen LogP) is 4.53. The van der Waals surface area contributed by atoms with Crippen LogP contribution in [0.1, 0.15) is 43.2 Å². The molecule has 0 unspecified atom stereocenters. The molecule has 1 fully saturated rings. The van der Waals surface area contributed by atoms with Gasteiger partial charge in [0.1, 0.15) is 11.6 Å². The van der Waals surface area contributed by atoms with E-state index >= 15 is 0 Å². The van der Waals surface area contributed by atoms with Crippen LogP contribution >= 0.6 is 0 Å². The van der Waals surface area contributed by atoms with Crippen molar-refractivity contribution in [3.05, 3.63) is 71.3 Å². The summed E-state index contributed by atoms with van der Waals surface area (Å²) >= 11 is 0. The van der Waals surface area contributed by atoms with Gasteiger partial charge in [0.15, 0.2) is 0 Å². The summed E-state index contributed by atoms with van der Waals surface area (Å²) in [6.07, 6.45) is 4.58. The van der Waals surface area contributed by atoms with E-state index in [0.717, 1.165) is 25.7 Å². The predicted molar refractivity (Wildman–Crippen MR) is 94.3 cm³/mol. The van der Waals surface area contributed by atoms with E-state index in [1.807, 2.05) is 18.2 Å². The minimum absolute atomic E-state index is 0.0137. The second kappa shape index (κ2) is 7.77. The quantitative estimate of drug-likeness (QED) is 0.820. The van der Waals surface area contributed by atoms with Crippen LogP contribution in [0.3, 0.4) is 0 Å². The highest BCUT2D eigenvalue weighted by Crippen LogP contribution is 2.40. The van der Waals surface area contributed by atoms with Gasteiger partial charge in [0.05, 0.1) is 0 Å². The molecule has 0 saturated heterocycles. The molecule has 3 rings (SSSR count). The third-order valence-electron chi connectivity index (χ3n) is 5.23. The van der Waals surface area contributed by atoms with Crippen LogP contribution < -0.4 is 5.32 Å². The Morgan fingerprint density at radius 3 is 2.24 bits per heavy atom. The summed E-state index contributed by atoms with van der Waals surface area (Å²) in [6, 6.07) is 14.1. The fraction of sp³-hybridized carbons (Fsp3) is 0.381. The average Bonchev–Trinajstić information content (AvgIpc) is 3.10. The molecule has 0 atom stereocenters. The Bertz CT molecular complexity index is 704. The minimum atomic E-state index is -0.593. The fourth-order valence-electron chi connectivity index (χ4n) is 3.78. The molecule has 1 saturated carbocycles. The highest BCUT2D eigenvalue weighted by molar-refractivity contribution is 5.76. The monoisotopic (exact) mass is 343 g/mol. The summed E-state index contributed by atoms with van der Waals surface area (Å²) in [5.74, 6) is -1.35. The van der Waals surface area contributed by atoms with Crippen LogP contribution in [0.4, 0.5) is 8.78 Å². The Labute approximate surface area is 147 Å². The number of halogens is 2. The van der Waals surface area contributed by atoms with E-state index in [2.05, 4.69) is 17.4 Å². The molecule has 0 radical (unpaired) electrons. The third-order valence-corrected chi connectivity index (χ3v) is 5.23. The second-order valence-corrected chi connectivity index (χ2v) is 6.83. The first kappa shape index (κ1) is 17.6. The molecule has 4 heteroatoms. The van der Waals surface area contributed by atoms with Crippen molar-refractivity contribution in [3.8, 4) is 0 Å². The van der Waals surface area contributed by atoms with Crippen LogP contribution in [0.15, 0.2) is 48.5 Å². The van der Waals surface area contributed by atoms with E-state index in [9.17, 15) is 13.6 Å². The lowest BCUT2D eigenvalue weighted by Crippen LogP contribution is -2.39. The summed E-state index contributed by atoms with van der Waals surface area (Å²) < 4.78 is 27.3. The first-order chi connectivity index (χ1) is 12.1. The van der Waals surface area contributed by atoms with E-state index in [4.69, 9.17) is 0 Å². The molecule has 0 aromatic heterocycles. The van der Waals surface area contributed by atoms with Gasteiger partial charge in [-0.3, -0.25) is 4.79 Å². The second-order valence-electron chi connectivity index (χ2n) is 6.83. The Kier molecular flexibility index (Phi) is 5.47. The highest BCUT2D eigenvalue weighted by atomic mass is 19.1. The molecule has 1 amide bonds. The normalized spacial score (nSPS) is 15.9. The summed E-state index contributed by atoms with van der Waals surface area (Å²) in [5.41, 5.74) is 1.23. The first-order valence-electron chi connectivity index (χ1n) is 8.86. The van der Waals surface area contributed by atoms with E-state index in [0.29, 0.717) is 6.54 Å². The molecule has 25 heavy (non-hydrogen) atoms. The summed E-state index contributed by atoms with van der Waals surface area (Å²) in [7, 11) is 0. The molecule has 0 aliphatic heterocycles. The lowest BCUT2D eigenvalue weighted by atomic mass is 9.79. The third kappa shape index (κ3) is 4.06. The van der Waals surface area contributed by atoms with Crippen molar-refractivity contribution in [1.29, 1.82) is 0 Å². The van der Waals surface area contributed by atoms with Crippen LogP contribution in [-0.4, -0.2) is 12.5 Å². The van der Waals surface area contributed by atoms with Gasteiger partial charge in [0.25, 0.3) is 0 Å². The average molecular weight is 343 g/mol. The maximum Gasteiger partial charge on any atom is 0.220 e. The van der Waals surface area contributed by atoms with Crippen molar-refractivity contribution in [2.45, 2.75) is 43.9 Å². The SMILES string of the molecule is O=C(CCc1c(F)cccc1F)NCC1(c2ccccc2)CCCC1. The molecule has 2 aromatic carbocycles. The number of carbonyl (C=O) groups excluding carboxylic acids is 1. The molecule has 0 bridgehead atoms. The van der Waals surface area contributed by atoms with Gasteiger partial charge in [-0.25, -0.2) is 8.78 Å². The number of nitrogens with one attached hydrogen (secondary N) is 1. The molecule has 0 spiro atoms. The zero-order chi connectivity index (χ0) is 17.7. The van der Waals surface area contributed by atoms with E-state index < -0.39 is 11.6 Å². The van der Waals surface area contributed by atoms with Crippen LogP contribution in [0.25, 0.3) is 0 Å². The van der Waals surface area contributed by atoms with Crippen LogP contribution in [0, 0.1) is 11.6 Å². The molecule has 2 nitrogen and oxygen atoms in total. The zero-order valence-corrected chi connectivity index (χ0v) is 14.2. The van der Waals surface area contributed by atoms with Gasteiger partial charge in [0, 0.05) is 23.9 Å². The van der Waals surface area contributed by atoms with Gasteiger partial charge in [-0.1, -0.05) is 49.2 Å². The van der Waals surface area contributed by atoms with Crippen molar-refractivity contribution in [2.75, 3.05) is 6.54 Å². The number of carbonyl (C=O) groups is 1. The Morgan fingerprint density at radius 1 is 0.960 bits per heavy atom. The molecular formula is C21H23F2NO. The van der Waals surface area contributed by atoms with Crippen molar-refractivity contribution in [1.82, 2.24) is 5.32 Å². The molecule has 1 N–H and O–H groups in total.